The lowest BCUT2D eigenvalue weighted by atomic mass is 9.91. The molecule has 0 aromatic rings. The van der Waals surface area contributed by atoms with E-state index in [-0.39, 0.29) is 5.88 Å². The smallest absolute Gasteiger partial charge is 0.307 e. The third kappa shape index (κ3) is 3.53. The van der Waals surface area contributed by atoms with Gasteiger partial charge in [-0.15, -0.1) is 11.6 Å². The van der Waals surface area contributed by atoms with Crippen molar-refractivity contribution in [1.29, 1.82) is 0 Å². The minimum absolute atomic E-state index is 0.200. The molecule has 0 aliphatic carbocycles. The maximum absolute atomic E-state index is 10.7. The van der Waals surface area contributed by atoms with Crippen LogP contribution in [0.15, 0.2) is 0 Å². The van der Waals surface area contributed by atoms with Crippen molar-refractivity contribution in [3.05, 3.63) is 0 Å². The van der Waals surface area contributed by atoms with Crippen LogP contribution in [0.25, 0.3) is 0 Å². The van der Waals surface area contributed by atoms with Gasteiger partial charge in [0, 0.05) is 19.1 Å². The zero-order valence-corrected chi connectivity index (χ0v) is 8.29. The molecule has 0 aromatic heterocycles. The summed E-state index contributed by atoms with van der Waals surface area (Å²) in [6, 6.07) is 0. The Bertz CT molecular complexity index is 166. The number of rotatable bonds is 4. The minimum Gasteiger partial charge on any atom is -0.481 e. The van der Waals surface area contributed by atoms with Gasteiger partial charge in [0.15, 0.2) is 0 Å². The molecule has 1 aliphatic heterocycles. The first-order valence-electron chi connectivity index (χ1n) is 4.60. The van der Waals surface area contributed by atoms with Gasteiger partial charge in [-0.05, 0) is 25.2 Å². The zero-order valence-electron chi connectivity index (χ0n) is 7.54. The molecule has 2 unspecified atom stereocenters. The van der Waals surface area contributed by atoms with Crippen LogP contribution in [0, 0.1) is 11.8 Å². The number of carboxylic acid groups (broad SMARTS) is 1. The second kappa shape index (κ2) is 5.45. The first-order valence-corrected chi connectivity index (χ1v) is 5.14. The number of alkyl halides is 1. The molecule has 1 heterocycles. The van der Waals surface area contributed by atoms with Gasteiger partial charge in [0.25, 0.3) is 0 Å². The Morgan fingerprint density at radius 2 is 2.46 bits per heavy atom. The van der Waals surface area contributed by atoms with Crippen molar-refractivity contribution < 1.29 is 14.6 Å². The van der Waals surface area contributed by atoms with Gasteiger partial charge < -0.3 is 9.84 Å². The summed E-state index contributed by atoms with van der Waals surface area (Å²) in [6.45, 7) is 1.51. The van der Waals surface area contributed by atoms with E-state index in [1.807, 2.05) is 0 Å². The van der Waals surface area contributed by atoms with Gasteiger partial charge in [-0.1, -0.05) is 0 Å². The van der Waals surface area contributed by atoms with Crippen molar-refractivity contribution in [1.82, 2.24) is 0 Å². The van der Waals surface area contributed by atoms with Gasteiger partial charge in [0.05, 0.1) is 5.92 Å². The second-order valence-corrected chi connectivity index (χ2v) is 3.82. The van der Waals surface area contributed by atoms with Crippen molar-refractivity contribution >= 4 is 17.6 Å². The molecule has 4 heteroatoms. The van der Waals surface area contributed by atoms with Gasteiger partial charge in [-0.25, -0.2) is 0 Å². The van der Waals surface area contributed by atoms with Crippen LogP contribution in [0.2, 0.25) is 0 Å². The summed E-state index contributed by atoms with van der Waals surface area (Å²) in [4.78, 5) is 10.7. The average molecular weight is 207 g/mol. The van der Waals surface area contributed by atoms with E-state index in [9.17, 15) is 4.79 Å². The molecule has 0 aromatic carbocycles. The van der Waals surface area contributed by atoms with E-state index in [1.54, 1.807) is 0 Å². The van der Waals surface area contributed by atoms with E-state index in [0.29, 0.717) is 18.9 Å². The molecule has 0 amide bonds. The van der Waals surface area contributed by atoms with Gasteiger partial charge in [0.1, 0.15) is 0 Å². The number of carboxylic acids is 1. The third-order valence-corrected chi connectivity index (χ3v) is 2.78. The molecule has 1 rings (SSSR count). The summed E-state index contributed by atoms with van der Waals surface area (Å²) >= 11 is 5.56. The van der Waals surface area contributed by atoms with Gasteiger partial charge in [-0.2, -0.15) is 0 Å². The summed E-state index contributed by atoms with van der Waals surface area (Å²) in [5.74, 6) is -0.617. The van der Waals surface area contributed by atoms with E-state index >= 15 is 0 Å². The Balaban J connectivity index is 2.31. The fourth-order valence-electron chi connectivity index (χ4n) is 1.63. The van der Waals surface area contributed by atoms with Crippen molar-refractivity contribution in [3.8, 4) is 0 Å². The summed E-state index contributed by atoms with van der Waals surface area (Å²) in [5, 5.41) is 8.78. The number of halogens is 1. The first kappa shape index (κ1) is 10.8. The van der Waals surface area contributed by atoms with Gasteiger partial charge in [-0.3, -0.25) is 4.79 Å². The van der Waals surface area contributed by atoms with Gasteiger partial charge >= 0.3 is 5.97 Å². The van der Waals surface area contributed by atoms with Crippen LogP contribution in [-0.4, -0.2) is 30.2 Å². The molecule has 0 bridgehead atoms. The van der Waals surface area contributed by atoms with Crippen LogP contribution >= 0.6 is 11.6 Å². The van der Waals surface area contributed by atoms with Crippen molar-refractivity contribution in [2.45, 2.75) is 19.3 Å². The highest BCUT2D eigenvalue weighted by Gasteiger charge is 2.23. The fraction of sp³-hybridized carbons (Fsp3) is 0.889. The molecular weight excluding hydrogens is 192 g/mol. The first-order chi connectivity index (χ1) is 6.24. The Morgan fingerprint density at radius 3 is 2.92 bits per heavy atom. The fourth-order valence-corrected chi connectivity index (χ4v) is 1.88. The van der Waals surface area contributed by atoms with E-state index < -0.39 is 11.9 Å². The van der Waals surface area contributed by atoms with Crippen molar-refractivity contribution in [2.75, 3.05) is 19.1 Å². The van der Waals surface area contributed by atoms with E-state index in [4.69, 9.17) is 21.4 Å². The lowest BCUT2D eigenvalue weighted by Gasteiger charge is -2.23. The highest BCUT2D eigenvalue weighted by atomic mass is 35.5. The summed E-state index contributed by atoms with van der Waals surface area (Å²) in [5.41, 5.74) is 0. The van der Waals surface area contributed by atoms with Crippen LogP contribution < -0.4 is 0 Å². The second-order valence-electron chi connectivity index (χ2n) is 3.51. The highest BCUT2D eigenvalue weighted by molar-refractivity contribution is 6.19. The molecule has 2 atom stereocenters. The normalized spacial score (nSPS) is 25.5. The number of hydrogen-bond donors (Lipinski definition) is 1. The molecule has 0 saturated carbocycles. The molecule has 76 valence electrons. The predicted octanol–water partition coefficient (Wildman–Crippen LogP) is 1.74. The molecule has 1 saturated heterocycles. The van der Waals surface area contributed by atoms with Crippen molar-refractivity contribution in [3.63, 3.8) is 0 Å². The molecule has 1 N–H and O–H groups in total. The molecule has 1 fully saturated rings. The zero-order chi connectivity index (χ0) is 9.68. The minimum atomic E-state index is -0.791. The number of aliphatic carboxylic acids is 1. The van der Waals surface area contributed by atoms with E-state index in [1.165, 1.54) is 0 Å². The third-order valence-electron chi connectivity index (χ3n) is 2.41. The Kier molecular flexibility index (Phi) is 4.53. The Hall–Kier alpha value is -0.280. The molecule has 3 nitrogen and oxygen atoms in total. The molecule has 1 aliphatic rings. The largest absolute Gasteiger partial charge is 0.481 e. The predicted molar refractivity (Wildman–Crippen MR) is 50.0 cm³/mol. The monoisotopic (exact) mass is 206 g/mol. The van der Waals surface area contributed by atoms with Crippen LogP contribution in [-0.2, 0) is 9.53 Å². The maximum atomic E-state index is 10.7. The van der Waals surface area contributed by atoms with Crippen LogP contribution in [0.3, 0.4) is 0 Å². The summed E-state index contributed by atoms with van der Waals surface area (Å²) in [7, 11) is 0. The van der Waals surface area contributed by atoms with E-state index in [2.05, 4.69) is 0 Å². The number of hydrogen-bond acceptors (Lipinski definition) is 2. The lowest BCUT2D eigenvalue weighted by Crippen LogP contribution is -2.24. The highest BCUT2D eigenvalue weighted by Crippen LogP contribution is 2.22. The quantitative estimate of drug-likeness (QED) is 0.713. The number of ether oxygens (including phenoxy) is 1. The molecule has 0 radical (unpaired) electrons. The van der Waals surface area contributed by atoms with Gasteiger partial charge in [0.2, 0.25) is 0 Å². The molecule has 0 spiro atoms. The SMILES string of the molecule is O=C(O)C(CCl)CC1CCCOC1. The van der Waals surface area contributed by atoms with Crippen molar-refractivity contribution in [2.24, 2.45) is 11.8 Å². The molecular formula is C9H15ClO3. The Morgan fingerprint density at radius 1 is 1.69 bits per heavy atom. The summed E-state index contributed by atoms with van der Waals surface area (Å²) < 4.78 is 5.27. The Labute approximate surface area is 83.0 Å². The van der Waals surface area contributed by atoms with Crippen LogP contribution in [0.5, 0.6) is 0 Å². The van der Waals surface area contributed by atoms with Crippen LogP contribution in [0.1, 0.15) is 19.3 Å². The van der Waals surface area contributed by atoms with E-state index in [0.717, 1.165) is 19.4 Å². The lowest BCUT2D eigenvalue weighted by molar-refractivity contribution is -0.141. The topological polar surface area (TPSA) is 46.5 Å². The molecule has 13 heavy (non-hydrogen) atoms. The summed E-state index contributed by atoms with van der Waals surface area (Å²) in [6.07, 6.45) is 2.76. The number of carbonyl (C=O) groups is 1. The standard InChI is InChI=1S/C9H15ClO3/c10-5-8(9(11)12)4-7-2-1-3-13-6-7/h7-8H,1-6H2,(H,11,12). The van der Waals surface area contributed by atoms with Crippen LogP contribution in [0.4, 0.5) is 0 Å². The average Bonchev–Trinajstić information content (AvgIpc) is 2.15. The maximum Gasteiger partial charge on any atom is 0.307 e.